The van der Waals surface area contributed by atoms with Crippen molar-refractivity contribution in [1.82, 2.24) is 15.3 Å². The van der Waals surface area contributed by atoms with E-state index in [1.165, 1.54) is 10.8 Å². The molecule has 0 unspecified atom stereocenters. The summed E-state index contributed by atoms with van der Waals surface area (Å²) in [6, 6.07) is 15.2. The van der Waals surface area contributed by atoms with Crippen LogP contribution in [-0.4, -0.2) is 16.0 Å². The Kier molecular flexibility index (Phi) is 3.52. The number of fused-ring (bicyclic) bond motifs is 1. The van der Waals surface area contributed by atoms with Crippen molar-refractivity contribution >= 4 is 10.8 Å². The summed E-state index contributed by atoms with van der Waals surface area (Å²) in [5.74, 6) is 0.933. The summed E-state index contributed by atoms with van der Waals surface area (Å²) in [6.07, 6.45) is 1.91. The molecule has 0 fully saturated rings. The minimum atomic E-state index is 0.472. The molecule has 0 amide bonds. The van der Waals surface area contributed by atoms with E-state index in [-0.39, 0.29) is 0 Å². The van der Waals surface area contributed by atoms with E-state index in [2.05, 4.69) is 71.6 Å². The number of nitrogens with one attached hydrogen (secondary N) is 2. The number of nitrogens with zero attached hydrogens (tertiary/aromatic N) is 1. The Bertz CT molecular complexity index is 708. The highest BCUT2D eigenvalue weighted by atomic mass is 15.0. The van der Waals surface area contributed by atoms with Gasteiger partial charge in [0.2, 0.25) is 0 Å². The highest BCUT2D eigenvalue weighted by Crippen LogP contribution is 2.26. The molecule has 0 saturated heterocycles. The summed E-state index contributed by atoms with van der Waals surface area (Å²) in [5, 5.41) is 5.86. The summed E-state index contributed by atoms with van der Waals surface area (Å²) < 4.78 is 0. The Balaban J connectivity index is 1.95. The third-order valence-corrected chi connectivity index (χ3v) is 3.37. The van der Waals surface area contributed by atoms with Crippen molar-refractivity contribution in [3.8, 4) is 11.4 Å². The number of imidazole rings is 1. The fourth-order valence-electron chi connectivity index (χ4n) is 2.33. The van der Waals surface area contributed by atoms with Crippen LogP contribution in [0.1, 0.15) is 19.5 Å². The van der Waals surface area contributed by atoms with Crippen LogP contribution in [0.5, 0.6) is 0 Å². The van der Waals surface area contributed by atoms with E-state index in [4.69, 9.17) is 0 Å². The summed E-state index contributed by atoms with van der Waals surface area (Å²) >= 11 is 0. The van der Waals surface area contributed by atoms with Crippen molar-refractivity contribution in [3.63, 3.8) is 0 Å². The standard InChI is InChI=1S/C17H19N3/c1-12(2)18-10-14-11-19-17(20-14)16-9-5-7-13-6-3-4-8-15(13)16/h3-9,11-12,18H,10H2,1-2H3,(H,19,20). The van der Waals surface area contributed by atoms with E-state index in [9.17, 15) is 0 Å². The van der Waals surface area contributed by atoms with E-state index < -0.39 is 0 Å². The topological polar surface area (TPSA) is 40.7 Å². The van der Waals surface area contributed by atoms with Gasteiger partial charge < -0.3 is 10.3 Å². The van der Waals surface area contributed by atoms with Crippen LogP contribution in [0.2, 0.25) is 0 Å². The fraction of sp³-hybridized carbons (Fsp3) is 0.235. The maximum Gasteiger partial charge on any atom is 0.138 e. The summed E-state index contributed by atoms with van der Waals surface area (Å²) in [6.45, 7) is 5.10. The van der Waals surface area contributed by atoms with Crippen LogP contribution >= 0.6 is 0 Å². The van der Waals surface area contributed by atoms with Gasteiger partial charge in [0.05, 0.1) is 0 Å². The number of H-pyrrole nitrogens is 1. The van der Waals surface area contributed by atoms with Gasteiger partial charge in [0, 0.05) is 30.0 Å². The molecule has 1 aromatic heterocycles. The molecule has 0 bridgehead atoms. The van der Waals surface area contributed by atoms with Gasteiger partial charge in [-0.3, -0.25) is 0 Å². The van der Waals surface area contributed by atoms with E-state index in [0.29, 0.717) is 6.04 Å². The molecule has 2 aromatic carbocycles. The lowest BCUT2D eigenvalue weighted by Crippen LogP contribution is -2.21. The Morgan fingerprint density at radius 2 is 1.90 bits per heavy atom. The first kappa shape index (κ1) is 12.9. The van der Waals surface area contributed by atoms with Gasteiger partial charge in [0.1, 0.15) is 5.82 Å². The molecule has 0 aliphatic rings. The fourth-order valence-corrected chi connectivity index (χ4v) is 2.33. The zero-order valence-electron chi connectivity index (χ0n) is 11.9. The molecule has 1 heterocycles. The Morgan fingerprint density at radius 1 is 1.10 bits per heavy atom. The van der Waals surface area contributed by atoms with Crippen molar-refractivity contribution < 1.29 is 0 Å². The summed E-state index contributed by atoms with van der Waals surface area (Å²) in [5.41, 5.74) is 2.26. The number of aromatic nitrogens is 2. The first-order valence-corrected chi connectivity index (χ1v) is 6.99. The van der Waals surface area contributed by atoms with Crippen LogP contribution in [0.25, 0.3) is 22.2 Å². The molecule has 3 heteroatoms. The number of benzene rings is 2. The second-order valence-electron chi connectivity index (χ2n) is 5.32. The Hall–Kier alpha value is -2.13. The molecule has 0 spiro atoms. The van der Waals surface area contributed by atoms with Gasteiger partial charge in [0.15, 0.2) is 0 Å². The van der Waals surface area contributed by atoms with Gasteiger partial charge in [0.25, 0.3) is 0 Å². The smallest absolute Gasteiger partial charge is 0.138 e. The number of rotatable bonds is 4. The lowest BCUT2D eigenvalue weighted by atomic mass is 10.0. The maximum absolute atomic E-state index is 4.52. The number of aromatic amines is 1. The largest absolute Gasteiger partial charge is 0.341 e. The van der Waals surface area contributed by atoms with Crippen LogP contribution in [0.4, 0.5) is 0 Å². The van der Waals surface area contributed by atoms with Crippen LogP contribution in [0, 0.1) is 0 Å². The molecule has 3 aromatic rings. The number of hydrogen-bond acceptors (Lipinski definition) is 2. The lowest BCUT2D eigenvalue weighted by molar-refractivity contribution is 0.583. The van der Waals surface area contributed by atoms with Gasteiger partial charge in [-0.2, -0.15) is 0 Å². The molecule has 0 aliphatic carbocycles. The van der Waals surface area contributed by atoms with E-state index in [1.54, 1.807) is 0 Å². The molecule has 0 radical (unpaired) electrons. The van der Waals surface area contributed by atoms with Crippen molar-refractivity contribution in [2.45, 2.75) is 26.4 Å². The van der Waals surface area contributed by atoms with Gasteiger partial charge in [-0.1, -0.05) is 56.3 Å². The van der Waals surface area contributed by atoms with Gasteiger partial charge in [-0.25, -0.2) is 4.98 Å². The van der Waals surface area contributed by atoms with Crippen LogP contribution < -0.4 is 5.32 Å². The quantitative estimate of drug-likeness (QED) is 0.754. The van der Waals surface area contributed by atoms with Gasteiger partial charge in [-0.05, 0) is 10.8 Å². The Morgan fingerprint density at radius 3 is 2.75 bits per heavy atom. The average Bonchev–Trinajstić information content (AvgIpc) is 2.93. The molecule has 2 N–H and O–H groups in total. The molecule has 0 aliphatic heterocycles. The average molecular weight is 265 g/mol. The second-order valence-corrected chi connectivity index (χ2v) is 5.32. The van der Waals surface area contributed by atoms with Crippen molar-refractivity contribution in [2.75, 3.05) is 0 Å². The summed E-state index contributed by atoms with van der Waals surface area (Å²) in [4.78, 5) is 7.92. The predicted molar refractivity (Wildman–Crippen MR) is 83.5 cm³/mol. The van der Waals surface area contributed by atoms with Crippen LogP contribution in [-0.2, 0) is 6.54 Å². The SMILES string of the molecule is CC(C)NCc1cnc(-c2cccc3ccccc23)[nH]1. The normalized spacial score (nSPS) is 11.3. The Labute approximate surface area is 119 Å². The molecule has 102 valence electrons. The van der Waals surface area contributed by atoms with Crippen molar-refractivity contribution in [2.24, 2.45) is 0 Å². The van der Waals surface area contributed by atoms with Gasteiger partial charge >= 0.3 is 0 Å². The lowest BCUT2D eigenvalue weighted by Gasteiger charge is -2.06. The monoisotopic (exact) mass is 265 g/mol. The number of hydrogen-bond donors (Lipinski definition) is 2. The second kappa shape index (κ2) is 5.47. The minimum absolute atomic E-state index is 0.472. The highest BCUT2D eigenvalue weighted by molar-refractivity contribution is 5.95. The van der Waals surface area contributed by atoms with Crippen LogP contribution in [0.15, 0.2) is 48.7 Å². The highest BCUT2D eigenvalue weighted by Gasteiger charge is 2.07. The third-order valence-electron chi connectivity index (χ3n) is 3.37. The van der Waals surface area contributed by atoms with Crippen molar-refractivity contribution in [3.05, 3.63) is 54.4 Å². The first-order chi connectivity index (χ1) is 9.74. The maximum atomic E-state index is 4.52. The first-order valence-electron chi connectivity index (χ1n) is 6.99. The van der Waals surface area contributed by atoms with Gasteiger partial charge in [-0.15, -0.1) is 0 Å². The third kappa shape index (κ3) is 2.58. The van der Waals surface area contributed by atoms with Crippen LogP contribution in [0.3, 0.4) is 0 Å². The molecular weight excluding hydrogens is 246 g/mol. The molecule has 0 saturated carbocycles. The molecule has 0 atom stereocenters. The molecule has 20 heavy (non-hydrogen) atoms. The molecule has 3 rings (SSSR count). The van der Waals surface area contributed by atoms with E-state index in [1.807, 2.05) is 6.20 Å². The zero-order valence-corrected chi connectivity index (χ0v) is 11.9. The zero-order chi connectivity index (χ0) is 13.9. The minimum Gasteiger partial charge on any atom is -0.341 e. The van der Waals surface area contributed by atoms with E-state index in [0.717, 1.165) is 23.6 Å². The molecule has 3 nitrogen and oxygen atoms in total. The predicted octanol–water partition coefficient (Wildman–Crippen LogP) is 3.73. The summed E-state index contributed by atoms with van der Waals surface area (Å²) in [7, 11) is 0. The molecular formula is C17H19N3. The van der Waals surface area contributed by atoms with Crippen molar-refractivity contribution in [1.29, 1.82) is 0 Å². The van der Waals surface area contributed by atoms with E-state index >= 15 is 0 Å².